The molecule has 1 aliphatic rings. The van der Waals surface area contributed by atoms with Gasteiger partial charge in [0.2, 0.25) is 0 Å². The molecule has 2 aromatic carbocycles. The van der Waals surface area contributed by atoms with E-state index >= 15 is 0 Å². The zero-order valence-electron chi connectivity index (χ0n) is 11.6. The van der Waals surface area contributed by atoms with Gasteiger partial charge in [-0.25, -0.2) is 0 Å². The van der Waals surface area contributed by atoms with Crippen molar-refractivity contribution < 1.29 is 0 Å². The molecule has 0 amide bonds. The number of nitrogens with one attached hydrogen (secondary N) is 1. The molecule has 19 heavy (non-hydrogen) atoms. The van der Waals surface area contributed by atoms with Crippen molar-refractivity contribution >= 4 is 11.4 Å². The molecule has 0 saturated heterocycles. The molecule has 3 rings (SSSR count). The average molecular weight is 252 g/mol. The lowest BCUT2D eigenvalue weighted by Gasteiger charge is -2.25. The summed E-state index contributed by atoms with van der Waals surface area (Å²) in [5.41, 5.74) is 6.70. The molecule has 0 bridgehead atoms. The normalized spacial score (nSPS) is 14.9. The Morgan fingerprint density at radius 2 is 1.84 bits per heavy atom. The number of benzene rings is 2. The maximum atomic E-state index is 3.49. The second-order valence-corrected chi connectivity index (χ2v) is 5.23. The first-order chi connectivity index (χ1) is 9.25. The summed E-state index contributed by atoms with van der Waals surface area (Å²) < 4.78 is 0. The van der Waals surface area contributed by atoms with Gasteiger partial charge in [0, 0.05) is 31.0 Å². The topological polar surface area (TPSA) is 15.3 Å². The van der Waals surface area contributed by atoms with Crippen LogP contribution in [0.2, 0.25) is 0 Å². The molecule has 2 heteroatoms. The molecule has 98 valence electrons. The van der Waals surface area contributed by atoms with Gasteiger partial charge in [0.05, 0.1) is 0 Å². The Morgan fingerprint density at radius 3 is 2.68 bits per heavy atom. The first kappa shape index (κ1) is 12.2. The molecule has 0 fully saturated rings. The van der Waals surface area contributed by atoms with Crippen LogP contribution in [0.1, 0.15) is 16.7 Å². The van der Waals surface area contributed by atoms with E-state index in [9.17, 15) is 0 Å². The number of para-hydroxylation sites is 1. The number of nitrogens with zero attached hydrogens (tertiary/aromatic N) is 1. The van der Waals surface area contributed by atoms with Gasteiger partial charge in [-0.05, 0) is 48.7 Å². The summed E-state index contributed by atoms with van der Waals surface area (Å²) in [5, 5.41) is 3.49. The van der Waals surface area contributed by atoms with Crippen LogP contribution < -0.4 is 10.2 Å². The fourth-order valence-corrected chi connectivity index (χ4v) is 2.62. The largest absolute Gasteiger partial charge is 0.340 e. The van der Waals surface area contributed by atoms with E-state index < -0.39 is 0 Å². The van der Waals surface area contributed by atoms with Gasteiger partial charge in [0.15, 0.2) is 0 Å². The summed E-state index contributed by atoms with van der Waals surface area (Å²) in [7, 11) is 0. The molecule has 0 unspecified atom stereocenters. The number of fused-ring (bicyclic) bond motifs is 1. The van der Waals surface area contributed by atoms with Crippen LogP contribution in [0, 0.1) is 13.8 Å². The predicted molar refractivity (Wildman–Crippen MR) is 81.1 cm³/mol. The van der Waals surface area contributed by atoms with Gasteiger partial charge in [0.1, 0.15) is 0 Å². The van der Waals surface area contributed by atoms with E-state index in [1.54, 1.807) is 0 Å². The maximum absolute atomic E-state index is 3.49. The predicted octanol–water partition coefficient (Wildman–Crippen LogP) is 3.54. The number of aryl methyl sites for hydroxylation is 2. The second kappa shape index (κ2) is 5.06. The Hall–Kier alpha value is -1.80. The summed E-state index contributed by atoms with van der Waals surface area (Å²) >= 11 is 0. The zero-order valence-corrected chi connectivity index (χ0v) is 11.6. The minimum absolute atomic E-state index is 0.956. The molecular weight excluding hydrogens is 232 g/mol. The smallest absolute Gasteiger partial charge is 0.0456 e. The number of hydrogen-bond acceptors (Lipinski definition) is 2. The highest BCUT2D eigenvalue weighted by Crippen LogP contribution is 2.30. The third kappa shape index (κ3) is 2.36. The Kier molecular flexibility index (Phi) is 3.26. The van der Waals surface area contributed by atoms with Crippen LogP contribution in [-0.4, -0.2) is 13.1 Å². The Labute approximate surface area is 115 Å². The number of rotatable bonds is 1. The Bertz CT molecular complexity index is 590. The molecule has 0 aliphatic carbocycles. The SMILES string of the molecule is Cc1ccc(N2CCNCc3ccccc32)cc1C. The van der Waals surface area contributed by atoms with E-state index in [0.29, 0.717) is 0 Å². The van der Waals surface area contributed by atoms with Crippen LogP contribution >= 0.6 is 0 Å². The minimum atomic E-state index is 0.956. The highest BCUT2D eigenvalue weighted by molar-refractivity contribution is 5.67. The van der Waals surface area contributed by atoms with Gasteiger partial charge in [-0.3, -0.25) is 0 Å². The Morgan fingerprint density at radius 1 is 1.00 bits per heavy atom. The molecular formula is C17H20N2. The zero-order chi connectivity index (χ0) is 13.2. The quantitative estimate of drug-likeness (QED) is 0.835. The lowest BCUT2D eigenvalue weighted by atomic mass is 10.1. The maximum Gasteiger partial charge on any atom is 0.0456 e. The van der Waals surface area contributed by atoms with Crippen molar-refractivity contribution in [1.29, 1.82) is 0 Å². The first-order valence-corrected chi connectivity index (χ1v) is 6.89. The van der Waals surface area contributed by atoms with Gasteiger partial charge < -0.3 is 10.2 Å². The Balaban J connectivity index is 2.06. The van der Waals surface area contributed by atoms with E-state index in [1.165, 1.54) is 28.1 Å². The summed E-state index contributed by atoms with van der Waals surface area (Å²) in [6.45, 7) is 7.33. The summed E-state index contributed by atoms with van der Waals surface area (Å²) in [6.07, 6.45) is 0. The fraction of sp³-hybridized carbons (Fsp3) is 0.294. The van der Waals surface area contributed by atoms with E-state index in [1.807, 2.05) is 0 Å². The monoisotopic (exact) mass is 252 g/mol. The van der Waals surface area contributed by atoms with Crippen LogP contribution in [0.5, 0.6) is 0 Å². The third-order valence-corrected chi connectivity index (χ3v) is 3.91. The van der Waals surface area contributed by atoms with Crippen molar-refractivity contribution in [2.75, 3.05) is 18.0 Å². The van der Waals surface area contributed by atoms with E-state index in [-0.39, 0.29) is 0 Å². The molecule has 1 N–H and O–H groups in total. The van der Waals surface area contributed by atoms with Gasteiger partial charge in [0.25, 0.3) is 0 Å². The second-order valence-electron chi connectivity index (χ2n) is 5.23. The van der Waals surface area contributed by atoms with Crippen molar-refractivity contribution in [3.05, 3.63) is 59.2 Å². The van der Waals surface area contributed by atoms with Crippen LogP contribution in [0.4, 0.5) is 11.4 Å². The van der Waals surface area contributed by atoms with Crippen molar-refractivity contribution in [2.24, 2.45) is 0 Å². The molecule has 0 atom stereocenters. The van der Waals surface area contributed by atoms with Crippen molar-refractivity contribution in [3.63, 3.8) is 0 Å². The lowest BCUT2D eigenvalue weighted by Crippen LogP contribution is -2.24. The molecule has 2 nitrogen and oxygen atoms in total. The van der Waals surface area contributed by atoms with E-state index in [2.05, 4.69) is 66.5 Å². The van der Waals surface area contributed by atoms with Crippen LogP contribution in [-0.2, 0) is 6.54 Å². The molecule has 0 radical (unpaired) electrons. The van der Waals surface area contributed by atoms with E-state index in [4.69, 9.17) is 0 Å². The molecule has 0 spiro atoms. The number of anilines is 2. The van der Waals surface area contributed by atoms with Gasteiger partial charge in [-0.1, -0.05) is 24.3 Å². The molecule has 1 aliphatic heterocycles. The van der Waals surface area contributed by atoms with Gasteiger partial charge >= 0.3 is 0 Å². The first-order valence-electron chi connectivity index (χ1n) is 6.89. The highest BCUT2D eigenvalue weighted by Gasteiger charge is 2.16. The van der Waals surface area contributed by atoms with Crippen LogP contribution in [0.3, 0.4) is 0 Å². The van der Waals surface area contributed by atoms with Crippen molar-refractivity contribution in [2.45, 2.75) is 20.4 Å². The third-order valence-electron chi connectivity index (χ3n) is 3.91. The number of hydrogen-bond donors (Lipinski definition) is 1. The van der Waals surface area contributed by atoms with Crippen LogP contribution in [0.25, 0.3) is 0 Å². The van der Waals surface area contributed by atoms with Gasteiger partial charge in [-0.2, -0.15) is 0 Å². The lowest BCUT2D eigenvalue weighted by molar-refractivity contribution is 0.712. The summed E-state index contributed by atoms with van der Waals surface area (Å²) in [6, 6.07) is 15.4. The summed E-state index contributed by atoms with van der Waals surface area (Å²) in [4.78, 5) is 2.42. The van der Waals surface area contributed by atoms with E-state index in [0.717, 1.165) is 19.6 Å². The van der Waals surface area contributed by atoms with Gasteiger partial charge in [-0.15, -0.1) is 0 Å². The van der Waals surface area contributed by atoms with Crippen molar-refractivity contribution in [1.82, 2.24) is 5.32 Å². The molecule has 0 aromatic heterocycles. The highest BCUT2D eigenvalue weighted by atomic mass is 15.2. The minimum Gasteiger partial charge on any atom is -0.340 e. The summed E-state index contributed by atoms with van der Waals surface area (Å²) in [5.74, 6) is 0. The molecule has 1 heterocycles. The molecule has 0 saturated carbocycles. The average Bonchev–Trinajstić information content (AvgIpc) is 2.64. The fourth-order valence-electron chi connectivity index (χ4n) is 2.62. The molecule has 2 aromatic rings. The van der Waals surface area contributed by atoms with Crippen molar-refractivity contribution in [3.8, 4) is 0 Å². The van der Waals surface area contributed by atoms with Crippen LogP contribution in [0.15, 0.2) is 42.5 Å². The standard InChI is InChI=1S/C17H20N2/c1-13-7-8-16(11-14(13)2)19-10-9-18-12-15-5-3-4-6-17(15)19/h3-8,11,18H,9-10,12H2,1-2H3.